The van der Waals surface area contributed by atoms with E-state index in [4.69, 9.17) is 4.74 Å². The van der Waals surface area contributed by atoms with Gasteiger partial charge in [0.05, 0.1) is 12.5 Å². The zero-order chi connectivity index (χ0) is 18.4. The second-order valence-electron chi connectivity index (χ2n) is 6.90. The zero-order valence-electron chi connectivity index (χ0n) is 14.7. The van der Waals surface area contributed by atoms with E-state index in [0.29, 0.717) is 17.7 Å². The van der Waals surface area contributed by atoms with E-state index in [9.17, 15) is 14.7 Å². The van der Waals surface area contributed by atoms with Gasteiger partial charge in [-0.05, 0) is 36.6 Å². The minimum absolute atomic E-state index is 0.0123. The molecule has 0 aromatic heterocycles. The lowest BCUT2D eigenvalue weighted by atomic mass is 9.53. The van der Waals surface area contributed by atoms with Gasteiger partial charge >= 0.3 is 0 Å². The van der Waals surface area contributed by atoms with Gasteiger partial charge in [-0.1, -0.05) is 31.7 Å². The first kappa shape index (κ1) is 17.2. The number of hydrogen-bond acceptors (Lipinski definition) is 4. The number of phenols is 1. The molecule has 4 nitrogen and oxygen atoms in total. The fraction of sp³-hybridized carbons (Fsp3) is 0.333. The van der Waals surface area contributed by atoms with Crippen LogP contribution in [-0.4, -0.2) is 23.8 Å². The number of carbonyl (C=O) groups excluding carboxylic acids is 2. The number of aromatic hydroxyl groups is 1. The number of hydrogen-bond donors (Lipinski definition) is 1. The lowest BCUT2D eigenvalue weighted by Crippen LogP contribution is -2.49. The van der Waals surface area contributed by atoms with E-state index in [0.717, 1.165) is 11.1 Å². The Morgan fingerprint density at radius 3 is 2.72 bits per heavy atom. The first-order chi connectivity index (χ1) is 11.8. The van der Waals surface area contributed by atoms with Gasteiger partial charge in [0, 0.05) is 23.5 Å². The van der Waals surface area contributed by atoms with Gasteiger partial charge in [-0.3, -0.25) is 9.59 Å². The summed E-state index contributed by atoms with van der Waals surface area (Å²) in [5.41, 5.74) is 1.25. The molecule has 0 spiro atoms. The molecular weight excluding hydrogens is 316 g/mol. The Labute approximate surface area is 147 Å². The van der Waals surface area contributed by atoms with E-state index in [1.54, 1.807) is 25.1 Å². The number of ketones is 2. The zero-order valence-corrected chi connectivity index (χ0v) is 14.7. The maximum absolute atomic E-state index is 13.2. The largest absolute Gasteiger partial charge is 0.508 e. The molecule has 130 valence electrons. The normalized spacial score (nSPS) is 28.8. The van der Waals surface area contributed by atoms with Crippen molar-refractivity contribution in [3.8, 4) is 11.5 Å². The van der Waals surface area contributed by atoms with Gasteiger partial charge in [0.25, 0.3) is 0 Å². The minimum atomic E-state index is -0.904. The molecule has 0 heterocycles. The first-order valence-electron chi connectivity index (χ1n) is 8.31. The topological polar surface area (TPSA) is 63.6 Å². The Bertz CT molecular complexity index is 830. The van der Waals surface area contributed by atoms with Crippen molar-refractivity contribution in [2.24, 2.45) is 11.3 Å². The van der Waals surface area contributed by atoms with Gasteiger partial charge in [-0.2, -0.15) is 0 Å². The number of phenolic OH excluding ortho intramolecular Hbond substituents is 1. The monoisotopic (exact) mass is 338 g/mol. The van der Waals surface area contributed by atoms with E-state index >= 15 is 0 Å². The molecule has 0 bridgehead atoms. The molecule has 0 aliphatic heterocycles. The molecule has 0 saturated heterocycles. The number of benzene rings is 1. The molecule has 3 rings (SSSR count). The summed E-state index contributed by atoms with van der Waals surface area (Å²) >= 11 is 0. The Hall–Kier alpha value is -2.62. The number of carbonyl (C=O) groups is 2. The highest BCUT2D eigenvalue weighted by Crippen LogP contribution is 2.56. The predicted octanol–water partition coefficient (Wildman–Crippen LogP) is 3.72. The molecule has 1 aromatic rings. The van der Waals surface area contributed by atoms with Crippen molar-refractivity contribution in [1.29, 1.82) is 0 Å². The second kappa shape index (κ2) is 6.03. The summed E-state index contributed by atoms with van der Waals surface area (Å²) in [4.78, 5) is 25.8. The highest BCUT2D eigenvalue weighted by molar-refractivity contribution is 6.13. The molecule has 0 saturated carbocycles. The Kier molecular flexibility index (Phi) is 4.15. The Balaban J connectivity index is 2.28. The van der Waals surface area contributed by atoms with Crippen LogP contribution in [0.5, 0.6) is 11.5 Å². The molecule has 2 aliphatic rings. The molecule has 3 atom stereocenters. The molecule has 1 N–H and O–H groups in total. The van der Waals surface area contributed by atoms with Crippen LogP contribution in [0.2, 0.25) is 0 Å². The third-order valence-electron chi connectivity index (χ3n) is 5.56. The lowest BCUT2D eigenvalue weighted by Gasteiger charge is -2.47. The second-order valence-corrected chi connectivity index (χ2v) is 6.90. The van der Waals surface area contributed by atoms with Crippen molar-refractivity contribution in [2.75, 3.05) is 7.11 Å². The van der Waals surface area contributed by atoms with Crippen molar-refractivity contribution >= 4 is 11.6 Å². The third-order valence-corrected chi connectivity index (χ3v) is 5.56. The highest BCUT2D eigenvalue weighted by atomic mass is 16.5. The van der Waals surface area contributed by atoms with Gasteiger partial charge in [0.2, 0.25) is 0 Å². The van der Waals surface area contributed by atoms with Gasteiger partial charge in [-0.25, -0.2) is 0 Å². The molecule has 2 aliphatic carbocycles. The highest BCUT2D eigenvalue weighted by Gasteiger charge is 2.55. The van der Waals surface area contributed by atoms with Crippen LogP contribution >= 0.6 is 0 Å². The molecule has 25 heavy (non-hydrogen) atoms. The minimum Gasteiger partial charge on any atom is -0.508 e. The molecule has 0 radical (unpaired) electrons. The van der Waals surface area contributed by atoms with Crippen molar-refractivity contribution in [1.82, 2.24) is 0 Å². The average Bonchev–Trinajstić information content (AvgIpc) is 2.59. The number of allylic oxidation sites excluding steroid dienone is 5. The SMILES string of the molecule is C=CC1=CCC2C(=O)C=C(C)C(=O)C2(C)C1c1ccc(O)cc1OC. The van der Waals surface area contributed by atoms with Crippen molar-refractivity contribution in [3.63, 3.8) is 0 Å². The summed E-state index contributed by atoms with van der Waals surface area (Å²) in [6.45, 7) is 7.45. The standard InChI is InChI=1S/C21H22O4/c1-5-13-6-9-16-17(23)10-12(2)20(24)21(16,3)19(13)15-8-7-14(22)11-18(15)25-4/h5-8,10-11,16,19,22H,1,9H2,2-4H3. The Morgan fingerprint density at radius 1 is 1.36 bits per heavy atom. The van der Waals surface area contributed by atoms with E-state index < -0.39 is 11.3 Å². The van der Waals surface area contributed by atoms with Crippen molar-refractivity contribution in [3.05, 3.63) is 59.7 Å². The van der Waals surface area contributed by atoms with Crippen LogP contribution in [0.3, 0.4) is 0 Å². The van der Waals surface area contributed by atoms with Crippen LogP contribution in [0.1, 0.15) is 31.7 Å². The fourth-order valence-electron chi connectivity index (χ4n) is 4.31. The maximum Gasteiger partial charge on any atom is 0.166 e. The van der Waals surface area contributed by atoms with Gasteiger partial charge < -0.3 is 9.84 Å². The smallest absolute Gasteiger partial charge is 0.166 e. The summed E-state index contributed by atoms with van der Waals surface area (Å²) in [6.07, 6.45) is 5.70. The number of rotatable bonds is 3. The van der Waals surface area contributed by atoms with Crippen LogP contribution < -0.4 is 4.74 Å². The predicted molar refractivity (Wildman–Crippen MR) is 95.7 cm³/mol. The van der Waals surface area contributed by atoms with E-state index in [1.807, 2.05) is 13.0 Å². The summed E-state index contributed by atoms with van der Waals surface area (Å²) in [5, 5.41) is 9.78. The molecule has 0 fully saturated rings. The number of Topliss-reactive ketones (excluding diaryl/α,β-unsaturated/α-hetero) is 1. The van der Waals surface area contributed by atoms with Crippen LogP contribution in [-0.2, 0) is 9.59 Å². The Morgan fingerprint density at radius 2 is 2.08 bits per heavy atom. The maximum atomic E-state index is 13.2. The average molecular weight is 338 g/mol. The number of fused-ring (bicyclic) bond motifs is 1. The fourth-order valence-corrected chi connectivity index (χ4v) is 4.31. The van der Waals surface area contributed by atoms with Crippen LogP contribution in [0.25, 0.3) is 0 Å². The third kappa shape index (κ3) is 2.44. The molecule has 3 unspecified atom stereocenters. The van der Waals surface area contributed by atoms with Crippen molar-refractivity contribution in [2.45, 2.75) is 26.2 Å². The number of ether oxygens (including phenoxy) is 1. The van der Waals surface area contributed by atoms with Gasteiger partial charge in [0.15, 0.2) is 11.6 Å². The van der Waals surface area contributed by atoms with Crippen molar-refractivity contribution < 1.29 is 19.4 Å². The molecule has 0 amide bonds. The van der Waals surface area contributed by atoms with Crippen LogP contribution in [0, 0.1) is 11.3 Å². The molecule has 4 heteroatoms. The van der Waals surface area contributed by atoms with Crippen LogP contribution in [0.15, 0.2) is 54.2 Å². The van der Waals surface area contributed by atoms with E-state index in [-0.39, 0.29) is 23.2 Å². The molecular formula is C21H22O4. The summed E-state index contributed by atoms with van der Waals surface area (Å²) in [6, 6.07) is 4.86. The van der Waals surface area contributed by atoms with Gasteiger partial charge in [0.1, 0.15) is 11.5 Å². The number of methoxy groups -OCH3 is 1. The summed E-state index contributed by atoms with van der Waals surface area (Å²) in [7, 11) is 1.53. The summed E-state index contributed by atoms with van der Waals surface area (Å²) < 4.78 is 5.45. The van der Waals surface area contributed by atoms with Crippen LogP contribution in [0.4, 0.5) is 0 Å². The van der Waals surface area contributed by atoms with E-state index in [1.165, 1.54) is 19.3 Å². The quantitative estimate of drug-likeness (QED) is 0.912. The lowest BCUT2D eigenvalue weighted by molar-refractivity contribution is -0.137. The first-order valence-corrected chi connectivity index (χ1v) is 8.31. The van der Waals surface area contributed by atoms with Gasteiger partial charge in [-0.15, -0.1) is 0 Å². The summed E-state index contributed by atoms with van der Waals surface area (Å²) in [5.74, 6) is -0.224. The molecule has 1 aromatic carbocycles. The van der Waals surface area contributed by atoms with E-state index in [2.05, 4.69) is 6.58 Å².